The van der Waals surface area contributed by atoms with Crippen LogP contribution in [-0.2, 0) is 5.41 Å². The lowest BCUT2D eigenvalue weighted by molar-refractivity contribution is 0.156. The fourth-order valence-corrected chi connectivity index (χ4v) is 2.23. The number of hydrogen-bond donors (Lipinski definition) is 1. The smallest absolute Gasteiger partial charge is 0.123 e. The van der Waals surface area contributed by atoms with Crippen LogP contribution < -0.4 is 0 Å². The number of aliphatic hydroxyl groups is 1. The molecule has 0 bridgehead atoms. The molecule has 1 aromatic rings. The summed E-state index contributed by atoms with van der Waals surface area (Å²) in [5.74, 6) is -0.205. The number of rotatable bonds is 3. The maximum Gasteiger partial charge on any atom is 0.123 e. The molecule has 1 N–H and O–H groups in total. The van der Waals surface area contributed by atoms with Crippen molar-refractivity contribution in [3.8, 4) is 0 Å². The van der Waals surface area contributed by atoms with E-state index in [1.54, 1.807) is 13.0 Å². The molecule has 0 fully saturated rings. The number of benzene rings is 1. The van der Waals surface area contributed by atoms with Gasteiger partial charge in [-0.2, -0.15) is 0 Å². The number of hydrogen-bond acceptors (Lipinski definition) is 1. The highest BCUT2D eigenvalue weighted by Crippen LogP contribution is 2.31. The van der Waals surface area contributed by atoms with Crippen LogP contribution in [0.15, 0.2) is 18.2 Å². The zero-order valence-electron chi connectivity index (χ0n) is 9.84. The number of aliphatic hydroxyl groups excluding tert-OH is 1. The van der Waals surface area contributed by atoms with Crippen LogP contribution in [0.25, 0.3) is 0 Å². The van der Waals surface area contributed by atoms with Crippen molar-refractivity contribution < 1.29 is 9.50 Å². The first-order valence-electron chi connectivity index (χ1n) is 5.27. The fourth-order valence-electron chi connectivity index (χ4n) is 2.23. The number of aryl methyl sites for hydroxylation is 1. The largest absolute Gasteiger partial charge is 0.393 e. The minimum absolute atomic E-state index is 0.119. The molecule has 0 radical (unpaired) electrons. The molecule has 0 saturated heterocycles. The SMILES string of the molecule is Cc1cc(F)ccc1C(C)(C)CC(C)O. The van der Waals surface area contributed by atoms with Crippen LogP contribution in [0.2, 0.25) is 0 Å². The van der Waals surface area contributed by atoms with Gasteiger partial charge in [0.1, 0.15) is 5.82 Å². The van der Waals surface area contributed by atoms with Crippen LogP contribution in [0.1, 0.15) is 38.3 Å². The molecule has 15 heavy (non-hydrogen) atoms. The minimum atomic E-state index is -0.343. The van der Waals surface area contributed by atoms with E-state index < -0.39 is 0 Å². The Morgan fingerprint density at radius 1 is 1.40 bits per heavy atom. The normalized spacial score (nSPS) is 14.0. The quantitative estimate of drug-likeness (QED) is 0.812. The van der Waals surface area contributed by atoms with E-state index in [1.165, 1.54) is 6.07 Å². The molecule has 0 amide bonds. The van der Waals surface area contributed by atoms with Crippen molar-refractivity contribution in [3.63, 3.8) is 0 Å². The molecule has 0 heterocycles. The Morgan fingerprint density at radius 3 is 2.47 bits per heavy atom. The van der Waals surface area contributed by atoms with Gasteiger partial charge in [0.2, 0.25) is 0 Å². The predicted octanol–water partition coefficient (Wildman–Crippen LogP) is 3.18. The van der Waals surface area contributed by atoms with Gasteiger partial charge in [0, 0.05) is 0 Å². The van der Waals surface area contributed by atoms with Crippen LogP contribution in [-0.4, -0.2) is 11.2 Å². The van der Waals surface area contributed by atoms with Gasteiger partial charge in [0.05, 0.1) is 6.10 Å². The highest BCUT2D eigenvalue weighted by atomic mass is 19.1. The maximum atomic E-state index is 12.9. The molecule has 1 nitrogen and oxygen atoms in total. The Morgan fingerprint density at radius 2 is 2.00 bits per heavy atom. The van der Waals surface area contributed by atoms with Gasteiger partial charge in [-0.1, -0.05) is 19.9 Å². The highest BCUT2D eigenvalue weighted by Gasteiger charge is 2.24. The molecule has 0 aromatic heterocycles. The summed E-state index contributed by atoms with van der Waals surface area (Å²) in [7, 11) is 0. The van der Waals surface area contributed by atoms with Crippen LogP contribution in [0.4, 0.5) is 4.39 Å². The lowest BCUT2D eigenvalue weighted by Crippen LogP contribution is -2.24. The fraction of sp³-hybridized carbons (Fsp3) is 0.538. The van der Waals surface area contributed by atoms with Crippen molar-refractivity contribution >= 4 is 0 Å². The summed E-state index contributed by atoms with van der Waals surface area (Å²) in [6.45, 7) is 7.82. The van der Waals surface area contributed by atoms with Crippen LogP contribution in [0.3, 0.4) is 0 Å². The molecule has 0 saturated carbocycles. The first-order chi connectivity index (χ1) is 6.83. The van der Waals surface area contributed by atoms with Gasteiger partial charge in [0.15, 0.2) is 0 Å². The van der Waals surface area contributed by atoms with E-state index in [0.717, 1.165) is 11.1 Å². The summed E-state index contributed by atoms with van der Waals surface area (Å²) in [5.41, 5.74) is 1.93. The molecule has 1 unspecified atom stereocenters. The second-order valence-corrected chi connectivity index (χ2v) is 4.90. The van der Waals surface area contributed by atoms with Gasteiger partial charge in [-0.15, -0.1) is 0 Å². The van der Waals surface area contributed by atoms with E-state index in [-0.39, 0.29) is 17.3 Å². The Kier molecular flexibility index (Phi) is 3.50. The zero-order valence-corrected chi connectivity index (χ0v) is 9.84. The van der Waals surface area contributed by atoms with Gasteiger partial charge in [-0.05, 0) is 48.9 Å². The van der Waals surface area contributed by atoms with E-state index in [1.807, 2.05) is 13.0 Å². The van der Waals surface area contributed by atoms with Crippen molar-refractivity contribution in [1.82, 2.24) is 0 Å². The summed E-state index contributed by atoms with van der Waals surface area (Å²) in [6.07, 6.45) is 0.337. The third-order valence-electron chi connectivity index (χ3n) is 2.72. The van der Waals surface area contributed by atoms with Gasteiger partial charge >= 0.3 is 0 Å². The standard InChI is InChI=1S/C13H19FO/c1-9-7-11(14)5-6-12(9)13(3,4)8-10(2)15/h5-7,10,15H,8H2,1-4H3. The van der Waals surface area contributed by atoms with Crippen molar-refractivity contribution in [2.75, 3.05) is 0 Å². The Balaban J connectivity index is 3.04. The minimum Gasteiger partial charge on any atom is -0.393 e. The van der Waals surface area contributed by atoms with E-state index in [4.69, 9.17) is 0 Å². The third kappa shape index (κ3) is 3.03. The molecule has 84 valence electrons. The molecule has 0 aliphatic carbocycles. The zero-order chi connectivity index (χ0) is 11.6. The van der Waals surface area contributed by atoms with E-state index in [0.29, 0.717) is 6.42 Å². The molecule has 0 aliphatic rings. The molecule has 1 rings (SSSR count). The van der Waals surface area contributed by atoms with Gasteiger partial charge in [-0.25, -0.2) is 4.39 Å². The molecular formula is C13H19FO. The lowest BCUT2D eigenvalue weighted by atomic mass is 9.78. The second kappa shape index (κ2) is 4.31. The predicted molar refractivity (Wildman–Crippen MR) is 60.5 cm³/mol. The average molecular weight is 210 g/mol. The molecule has 1 aromatic carbocycles. The van der Waals surface area contributed by atoms with Crippen molar-refractivity contribution in [2.45, 2.75) is 45.6 Å². The van der Waals surface area contributed by atoms with Gasteiger partial charge < -0.3 is 5.11 Å². The molecule has 0 aliphatic heterocycles. The van der Waals surface area contributed by atoms with Crippen molar-refractivity contribution in [2.24, 2.45) is 0 Å². The van der Waals surface area contributed by atoms with Gasteiger partial charge in [0.25, 0.3) is 0 Å². The molecule has 2 heteroatoms. The lowest BCUT2D eigenvalue weighted by Gasteiger charge is -2.28. The van der Waals surface area contributed by atoms with E-state index in [9.17, 15) is 9.50 Å². The van der Waals surface area contributed by atoms with Gasteiger partial charge in [-0.3, -0.25) is 0 Å². The Bertz CT molecular complexity index is 342. The third-order valence-corrected chi connectivity index (χ3v) is 2.72. The molecule has 1 atom stereocenters. The summed E-state index contributed by atoms with van der Waals surface area (Å²) in [5, 5.41) is 9.42. The summed E-state index contributed by atoms with van der Waals surface area (Å²) < 4.78 is 12.9. The molecular weight excluding hydrogens is 191 g/mol. The first kappa shape index (κ1) is 12.2. The first-order valence-corrected chi connectivity index (χ1v) is 5.27. The monoisotopic (exact) mass is 210 g/mol. The summed E-state index contributed by atoms with van der Waals surface area (Å²) in [6, 6.07) is 4.83. The highest BCUT2D eigenvalue weighted by molar-refractivity contribution is 5.32. The maximum absolute atomic E-state index is 12.9. The topological polar surface area (TPSA) is 20.2 Å². The van der Waals surface area contributed by atoms with Crippen molar-refractivity contribution in [1.29, 1.82) is 0 Å². The van der Waals surface area contributed by atoms with Crippen LogP contribution in [0.5, 0.6) is 0 Å². The van der Waals surface area contributed by atoms with Crippen molar-refractivity contribution in [3.05, 3.63) is 35.1 Å². The number of halogens is 1. The average Bonchev–Trinajstić information content (AvgIpc) is 1.99. The van der Waals surface area contributed by atoms with Crippen LogP contribution in [0, 0.1) is 12.7 Å². The summed E-state index contributed by atoms with van der Waals surface area (Å²) in [4.78, 5) is 0. The van der Waals surface area contributed by atoms with E-state index in [2.05, 4.69) is 13.8 Å². The van der Waals surface area contributed by atoms with E-state index >= 15 is 0 Å². The summed E-state index contributed by atoms with van der Waals surface area (Å²) >= 11 is 0. The molecule has 0 spiro atoms. The Hall–Kier alpha value is -0.890. The second-order valence-electron chi connectivity index (χ2n) is 4.90. The van der Waals surface area contributed by atoms with Crippen LogP contribution >= 0.6 is 0 Å². The Labute approximate surface area is 90.9 Å².